The summed E-state index contributed by atoms with van der Waals surface area (Å²) in [4.78, 5) is 8.37. The maximum absolute atomic E-state index is 8.90. The number of nitrogens with zero attached hydrogens (tertiary/aromatic N) is 3. The Labute approximate surface area is 129 Å². The molecule has 1 heterocycles. The third kappa shape index (κ3) is 3.85. The van der Waals surface area contributed by atoms with Gasteiger partial charge in [0.25, 0.3) is 0 Å². The van der Waals surface area contributed by atoms with E-state index in [1.807, 2.05) is 31.2 Å². The summed E-state index contributed by atoms with van der Waals surface area (Å²) in [5.41, 5.74) is 2.24. The molecule has 0 unspecified atom stereocenters. The van der Waals surface area contributed by atoms with Crippen LogP contribution in [-0.2, 0) is 6.42 Å². The summed E-state index contributed by atoms with van der Waals surface area (Å²) in [6.07, 6.45) is 0.777. The van der Waals surface area contributed by atoms with E-state index in [9.17, 15) is 0 Å². The topological polar surface area (TPSA) is 80.1 Å². The zero-order chi connectivity index (χ0) is 15.9. The van der Waals surface area contributed by atoms with Crippen molar-refractivity contribution < 1.29 is 9.47 Å². The van der Waals surface area contributed by atoms with Crippen molar-refractivity contribution in [2.24, 2.45) is 0 Å². The molecule has 0 amide bonds. The first-order valence-electron chi connectivity index (χ1n) is 6.87. The van der Waals surface area contributed by atoms with E-state index in [0.717, 1.165) is 17.7 Å². The molecule has 0 aliphatic carbocycles. The van der Waals surface area contributed by atoms with Gasteiger partial charge in [0.1, 0.15) is 11.8 Å². The summed E-state index contributed by atoms with van der Waals surface area (Å²) in [5, 5.41) is 12.0. The molecule has 1 N–H and O–H groups in total. The Hall–Kier alpha value is -2.81. The van der Waals surface area contributed by atoms with Crippen LogP contribution in [0.3, 0.4) is 0 Å². The molecule has 0 aliphatic rings. The molecule has 0 aliphatic heterocycles. The van der Waals surface area contributed by atoms with Gasteiger partial charge in [-0.15, -0.1) is 0 Å². The zero-order valence-corrected chi connectivity index (χ0v) is 12.9. The first-order chi connectivity index (χ1) is 10.7. The maximum Gasteiger partial charge on any atom is 0.224 e. The van der Waals surface area contributed by atoms with E-state index in [2.05, 4.69) is 15.3 Å². The molecule has 6 nitrogen and oxygen atoms in total. The van der Waals surface area contributed by atoms with Crippen LogP contribution in [-0.4, -0.2) is 30.7 Å². The molecule has 6 heteroatoms. The van der Waals surface area contributed by atoms with Gasteiger partial charge < -0.3 is 14.8 Å². The highest BCUT2D eigenvalue weighted by Gasteiger charge is 2.05. The largest absolute Gasteiger partial charge is 0.493 e. The highest BCUT2D eigenvalue weighted by atomic mass is 16.5. The number of benzene rings is 1. The standard InChI is InChI=1S/C16H18N4O2/c1-11-8-13(10-17)20-16(19-11)18-7-6-12-4-5-14(21-2)15(9-12)22-3/h4-5,8-9H,6-7H2,1-3H3,(H,18,19,20). The van der Waals surface area contributed by atoms with Gasteiger partial charge in [0, 0.05) is 12.2 Å². The monoisotopic (exact) mass is 298 g/mol. The van der Waals surface area contributed by atoms with E-state index in [1.54, 1.807) is 20.3 Å². The Balaban J connectivity index is 1.99. The molecule has 0 radical (unpaired) electrons. The SMILES string of the molecule is COc1ccc(CCNc2nc(C)cc(C#N)n2)cc1OC. The van der Waals surface area contributed by atoms with E-state index in [-0.39, 0.29) is 0 Å². The number of methoxy groups -OCH3 is 2. The molecule has 2 rings (SSSR count). The van der Waals surface area contributed by atoms with Gasteiger partial charge in [-0.25, -0.2) is 9.97 Å². The second-order valence-corrected chi connectivity index (χ2v) is 4.70. The van der Waals surface area contributed by atoms with E-state index in [0.29, 0.717) is 29.7 Å². The summed E-state index contributed by atoms with van der Waals surface area (Å²) in [6.45, 7) is 2.49. The molecule has 0 saturated heterocycles. The summed E-state index contributed by atoms with van der Waals surface area (Å²) < 4.78 is 10.5. The minimum atomic E-state index is 0.362. The summed E-state index contributed by atoms with van der Waals surface area (Å²) in [5.74, 6) is 1.88. The lowest BCUT2D eigenvalue weighted by Gasteiger charge is -2.10. The van der Waals surface area contributed by atoms with Crippen LogP contribution >= 0.6 is 0 Å². The molecule has 114 valence electrons. The molecular weight excluding hydrogens is 280 g/mol. The maximum atomic E-state index is 8.90. The molecule has 1 aromatic heterocycles. The van der Waals surface area contributed by atoms with Crippen LogP contribution in [0.2, 0.25) is 0 Å². The van der Waals surface area contributed by atoms with Crippen molar-refractivity contribution in [2.75, 3.05) is 26.1 Å². The highest BCUT2D eigenvalue weighted by molar-refractivity contribution is 5.43. The molecule has 0 spiro atoms. The van der Waals surface area contributed by atoms with Crippen molar-refractivity contribution in [3.8, 4) is 17.6 Å². The summed E-state index contributed by atoms with van der Waals surface area (Å²) in [6, 6.07) is 9.48. The van der Waals surface area contributed by atoms with Crippen molar-refractivity contribution in [2.45, 2.75) is 13.3 Å². The number of aryl methyl sites for hydroxylation is 1. The van der Waals surface area contributed by atoms with Gasteiger partial charge in [0.2, 0.25) is 5.95 Å². The first-order valence-corrected chi connectivity index (χ1v) is 6.87. The average Bonchev–Trinajstić information content (AvgIpc) is 2.54. The smallest absolute Gasteiger partial charge is 0.224 e. The predicted molar refractivity (Wildman–Crippen MR) is 83.2 cm³/mol. The summed E-state index contributed by atoms with van der Waals surface area (Å²) >= 11 is 0. The number of nitrogens with one attached hydrogen (secondary N) is 1. The molecule has 0 fully saturated rings. The Kier molecular flexibility index (Phi) is 5.15. The fraction of sp³-hybridized carbons (Fsp3) is 0.312. The molecule has 22 heavy (non-hydrogen) atoms. The van der Waals surface area contributed by atoms with E-state index >= 15 is 0 Å². The number of hydrogen-bond donors (Lipinski definition) is 1. The van der Waals surface area contributed by atoms with E-state index in [1.165, 1.54) is 0 Å². The second kappa shape index (κ2) is 7.27. The fourth-order valence-corrected chi connectivity index (χ4v) is 2.06. The molecule has 0 atom stereocenters. The lowest BCUT2D eigenvalue weighted by Crippen LogP contribution is -2.09. The number of rotatable bonds is 6. The molecule has 2 aromatic rings. The van der Waals surface area contributed by atoms with E-state index < -0.39 is 0 Å². The Bertz CT molecular complexity index is 695. The van der Waals surface area contributed by atoms with Crippen LogP contribution in [0.15, 0.2) is 24.3 Å². The molecular formula is C16H18N4O2. The molecule has 0 bridgehead atoms. The normalized spacial score (nSPS) is 9.91. The highest BCUT2D eigenvalue weighted by Crippen LogP contribution is 2.27. The van der Waals surface area contributed by atoms with Crippen molar-refractivity contribution >= 4 is 5.95 Å². The van der Waals surface area contributed by atoms with Gasteiger partial charge in [0.05, 0.1) is 14.2 Å². The van der Waals surface area contributed by atoms with Crippen LogP contribution < -0.4 is 14.8 Å². The fourth-order valence-electron chi connectivity index (χ4n) is 2.06. The van der Waals surface area contributed by atoms with Gasteiger partial charge in [-0.05, 0) is 37.1 Å². The van der Waals surface area contributed by atoms with Gasteiger partial charge >= 0.3 is 0 Å². The van der Waals surface area contributed by atoms with Gasteiger partial charge in [-0.2, -0.15) is 5.26 Å². The lowest BCUT2D eigenvalue weighted by molar-refractivity contribution is 0.354. The van der Waals surface area contributed by atoms with Crippen molar-refractivity contribution in [3.05, 3.63) is 41.2 Å². The second-order valence-electron chi connectivity index (χ2n) is 4.70. The number of hydrogen-bond acceptors (Lipinski definition) is 6. The van der Waals surface area contributed by atoms with E-state index in [4.69, 9.17) is 14.7 Å². The van der Waals surface area contributed by atoms with Gasteiger partial charge in [0.15, 0.2) is 11.5 Å². The van der Waals surface area contributed by atoms with Crippen LogP contribution in [0.5, 0.6) is 11.5 Å². The third-order valence-electron chi connectivity index (χ3n) is 3.11. The Morgan fingerprint density at radius 3 is 2.59 bits per heavy atom. The van der Waals surface area contributed by atoms with Crippen LogP contribution in [0, 0.1) is 18.3 Å². The number of aromatic nitrogens is 2. The lowest BCUT2D eigenvalue weighted by atomic mass is 10.1. The Morgan fingerprint density at radius 1 is 1.14 bits per heavy atom. The minimum absolute atomic E-state index is 0.362. The van der Waals surface area contributed by atoms with Gasteiger partial charge in [-0.1, -0.05) is 6.07 Å². The first kappa shape index (κ1) is 15.6. The Morgan fingerprint density at radius 2 is 1.91 bits per heavy atom. The number of anilines is 1. The van der Waals surface area contributed by atoms with Gasteiger partial charge in [-0.3, -0.25) is 0 Å². The molecule has 1 aromatic carbocycles. The van der Waals surface area contributed by atoms with Crippen LogP contribution in [0.25, 0.3) is 0 Å². The quantitative estimate of drug-likeness (QED) is 0.881. The van der Waals surface area contributed by atoms with Crippen LogP contribution in [0.4, 0.5) is 5.95 Å². The van der Waals surface area contributed by atoms with Crippen molar-refractivity contribution in [1.29, 1.82) is 5.26 Å². The number of nitriles is 1. The minimum Gasteiger partial charge on any atom is -0.493 e. The third-order valence-corrected chi connectivity index (χ3v) is 3.11. The average molecular weight is 298 g/mol. The van der Waals surface area contributed by atoms with Crippen molar-refractivity contribution in [1.82, 2.24) is 9.97 Å². The molecule has 0 saturated carbocycles. The summed E-state index contributed by atoms with van der Waals surface area (Å²) in [7, 11) is 3.23. The predicted octanol–water partition coefficient (Wildman–Crippen LogP) is 2.33. The zero-order valence-electron chi connectivity index (χ0n) is 12.9. The van der Waals surface area contributed by atoms with Crippen LogP contribution in [0.1, 0.15) is 17.0 Å². The number of ether oxygens (including phenoxy) is 2. The van der Waals surface area contributed by atoms with Crippen molar-refractivity contribution in [3.63, 3.8) is 0 Å².